The molecule has 0 bridgehead atoms. The maximum atomic E-state index is 13.9. The molecule has 10 nitrogen and oxygen atoms in total. The number of hydrogen-bond acceptors (Lipinski definition) is 9. The number of amides is 1. The molecule has 0 aromatic heterocycles. The monoisotopic (exact) mass is 697 g/mol. The molecule has 1 fully saturated rings. The second-order valence-corrected chi connectivity index (χ2v) is 12.1. The van der Waals surface area contributed by atoms with Gasteiger partial charge < -0.3 is 28.8 Å². The fourth-order valence-corrected chi connectivity index (χ4v) is 5.93. The first-order valence-corrected chi connectivity index (χ1v) is 16.1. The number of aliphatic hydroxyl groups excluding tert-OH is 1. The van der Waals surface area contributed by atoms with Crippen LogP contribution in [0.15, 0.2) is 97.1 Å². The third-order valence-electron chi connectivity index (χ3n) is 8.53. The smallest absolute Gasteiger partial charge is 0.416 e. The van der Waals surface area contributed by atoms with Gasteiger partial charge >= 0.3 is 24.2 Å². The summed E-state index contributed by atoms with van der Waals surface area (Å²) < 4.78 is 68.2. The van der Waals surface area contributed by atoms with E-state index in [1.165, 1.54) is 7.11 Å². The summed E-state index contributed by atoms with van der Waals surface area (Å²) in [7, 11) is 1.28. The summed E-state index contributed by atoms with van der Waals surface area (Å²) in [6.45, 7) is -0.723. The van der Waals surface area contributed by atoms with E-state index in [9.17, 15) is 32.7 Å². The van der Waals surface area contributed by atoms with Crippen molar-refractivity contribution >= 4 is 23.7 Å². The molecule has 1 saturated heterocycles. The zero-order valence-electron chi connectivity index (χ0n) is 27.2. The van der Waals surface area contributed by atoms with Gasteiger partial charge in [0, 0.05) is 12.8 Å². The Kier molecular flexibility index (Phi) is 12.3. The molecule has 0 unspecified atom stereocenters. The van der Waals surface area contributed by atoms with Crippen LogP contribution in [-0.2, 0) is 52.3 Å². The zero-order valence-corrected chi connectivity index (χ0v) is 27.2. The number of hydrogen-bond donors (Lipinski definition) is 2. The Hall–Kier alpha value is -4.72. The van der Waals surface area contributed by atoms with Crippen LogP contribution in [0.2, 0.25) is 0 Å². The number of fused-ring (bicyclic) bond motifs is 1. The summed E-state index contributed by atoms with van der Waals surface area (Å²) in [6, 6.07) is 22.3. The SMILES string of the molecule is CO[C@H]1O[C@H](CO)[C@@H](OC(=O)Nc2ccc(C(F)(F)F)cc2)[C@@H]2OC(=O)[C@H](Cc3ccccc3)C/C=C/C[C@@H](Cc3ccccc3)C(=O)O[C@@H]12. The summed E-state index contributed by atoms with van der Waals surface area (Å²) in [5.74, 6) is -2.69. The minimum atomic E-state index is -4.58. The highest BCUT2D eigenvalue weighted by molar-refractivity contribution is 5.85. The first kappa shape index (κ1) is 36.6. The summed E-state index contributed by atoms with van der Waals surface area (Å²) in [5.41, 5.74) is 0.827. The average molecular weight is 698 g/mol. The number of ether oxygens (including phenoxy) is 5. The number of halogens is 3. The van der Waals surface area contributed by atoms with E-state index in [-0.39, 0.29) is 12.1 Å². The number of methoxy groups -OCH3 is 1. The Balaban J connectivity index is 1.47. The molecule has 2 aliphatic heterocycles. The number of carbonyl (C=O) groups excluding carboxylic acids is 3. The summed E-state index contributed by atoms with van der Waals surface area (Å²) in [5, 5.41) is 12.6. The van der Waals surface area contributed by atoms with E-state index < -0.39 is 78.9 Å². The molecule has 3 aromatic carbocycles. The lowest BCUT2D eigenvalue weighted by Crippen LogP contribution is -2.63. The second-order valence-electron chi connectivity index (χ2n) is 12.1. The van der Waals surface area contributed by atoms with Crippen molar-refractivity contribution in [3.63, 3.8) is 0 Å². The van der Waals surface area contributed by atoms with Gasteiger partial charge in [-0.1, -0.05) is 72.8 Å². The number of alkyl halides is 3. The van der Waals surface area contributed by atoms with Crippen molar-refractivity contribution in [1.82, 2.24) is 0 Å². The minimum absolute atomic E-state index is 0.0211. The lowest BCUT2D eigenvalue weighted by Gasteiger charge is -2.44. The maximum Gasteiger partial charge on any atom is 0.416 e. The third kappa shape index (κ3) is 9.49. The molecule has 0 radical (unpaired) electrons. The van der Waals surface area contributed by atoms with Crippen LogP contribution < -0.4 is 5.32 Å². The fraction of sp³-hybridized carbons (Fsp3) is 0.378. The molecule has 1 amide bonds. The van der Waals surface area contributed by atoms with Crippen molar-refractivity contribution in [1.29, 1.82) is 0 Å². The van der Waals surface area contributed by atoms with Crippen molar-refractivity contribution < 1.29 is 56.3 Å². The number of nitrogens with one attached hydrogen (secondary N) is 1. The number of anilines is 1. The molecular formula is C37H38F3NO9. The van der Waals surface area contributed by atoms with Crippen molar-refractivity contribution in [3.8, 4) is 0 Å². The van der Waals surface area contributed by atoms with Gasteiger partial charge in [-0.15, -0.1) is 0 Å². The Labute approximate surface area is 287 Å². The number of carbonyl (C=O) groups is 3. The Morgan fingerprint density at radius 1 is 0.820 bits per heavy atom. The van der Waals surface area contributed by atoms with E-state index in [0.29, 0.717) is 19.3 Å². The van der Waals surface area contributed by atoms with Gasteiger partial charge in [0.25, 0.3) is 0 Å². The van der Waals surface area contributed by atoms with Crippen LogP contribution in [0.5, 0.6) is 0 Å². The molecule has 3 aromatic rings. The van der Waals surface area contributed by atoms with E-state index in [0.717, 1.165) is 35.4 Å². The van der Waals surface area contributed by atoms with Gasteiger partial charge in [-0.25, -0.2) is 4.79 Å². The molecule has 0 saturated carbocycles. The van der Waals surface area contributed by atoms with Crippen LogP contribution in [0.4, 0.5) is 23.7 Å². The molecule has 5 rings (SSSR count). The molecule has 2 aliphatic rings. The normalized spacial score (nSPS) is 26.6. The van der Waals surface area contributed by atoms with Crippen LogP contribution in [-0.4, -0.2) is 67.6 Å². The predicted octanol–water partition coefficient (Wildman–Crippen LogP) is 5.88. The lowest BCUT2D eigenvalue weighted by molar-refractivity contribution is -0.300. The zero-order chi connectivity index (χ0) is 35.7. The first-order valence-electron chi connectivity index (χ1n) is 16.1. The summed E-state index contributed by atoms with van der Waals surface area (Å²) >= 11 is 0. The molecule has 0 aliphatic carbocycles. The van der Waals surface area contributed by atoms with Crippen LogP contribution >= 0.6 is 0 Å². The van der Waals surface area contributed by atoms with Gasteiger partial charge in [0.05, 0.1) is 24.0 Å². The highest BCUT2D eigenvalue weighted by Crippen LogP contribution is 2.33. The number of rotatable bonds is 8. The van der Waals surface area contributed by atoms with Crippen molar-refractivity contribution in [3.05, 3.63) is 114 Å². The van der Waals surface area contributed by atoms with Crippen LogP contribution in [0, 0.1) is 11.8 Å². The van der Waals surface area contributed by atoms with Gasteiger partial charge in [-0.3, -0.25) is 14.9 Å². The molecule has 7 atom stereocenters. The van der Waals surface area contributed by atoms with Gasteiger partial charge in [0.2, 0.25) is 0 Å². The van der Waals surface area contributed by atoms with Gasteiger partial charge in [-0.2, -0.15) is 13.2 Å². The van der Waals surface area contributed by atoms with Gasteiger partial charge in [0.15, 0.2) is 24.6 Å². The van der Waals surface area contributed by atoms with Gasteiger partial charge in [-0.05, 0) is 61.1 Å². The average Bonchev–Trinajstić information content (AvgIpc) is 3.10. The summed E-state index contributed by atoms with van der Waals surface area (Å²) in [6.07, 6.45) is -8.00. The number of allylic oxidation sites excluding steroid dienone is 2. The highest BCUT2D eigenvalue weighted by atomic mass is 19.4. The Morgan fingerprint density at radius 2 is 1.34 bits per heavy atom. The number of esters is 2. The molecule has 2 heterocycles. The molecule has 50 heavy (non-hydrogen) atoms. The van der Waals surface area contributed by atoms with E-state index in [4.69, 9.17) is 23.7 Å². The Morgan fingerprint density at radius 3 is 1.82 bits per heavy atom. The van der Waals surface area contributed by atoms with Crippen LogP contribution in [0.1, 0.15) is 29.5 Å². The first-order chi connectivity index (χ1) is 24.0. The standard InChI is InChI=1S/C37H38F3NO9/c1-46-35-32-31(30(29(22-42)47-35)50-36(45)41-28-18-16-27(17-19-28)37(38,39)40)48-33(43)25(20-23-10-4-2-5-11-23)14-8-9-15-26(34(44)49-32)21-24-12-6-3-7-13-24/h2-13,16-19,25-26,29-32,35,42H,14-15,20-22H2,1H3,(H,41,45)/b9-8+/t25-,26-,29+,30+,31-,32+,35-/m0/s1. The molecular weight excluding hydrogens is 659 g/mol. The molecule has 2 N–H and O–H groups in total. The lowest BCUT2D eigenvalue weighted by atomic mass is 9.92. The van der Waals surface area contributed by atoms with Gasteiger partial charge in [0.1, 0.15) is 6.10 Å². The number of benzene rings is 3. The van der Waals surface area contributed by atoms with E-state index in [1.807, 2.05) is 72.8 Å². The van der Waals surface area contributed by atoms with E-state index in [2.05, 4.69) is 5.32 Å². The molecule has 0 spiro atoms. The topological polar surface area (TPSA) is 130 Å². The maximum absolute atomic E-state index is 13.9. The fourth-order valence-electron chi connectivity index (χ4n) is 5.93. The summed E-state index contributed by atoms with van der Waals surface area (Å²) in [4.78, 5) is 40.9. The van der Waals surface area contributed by atoms with Crippen molar-refractivity contribution in [2.24, 2.45) is 11.8 Å². The Bertz CT molecular complexity index is 1600. The predicted molar refractivity (Wildman–Crippen MR) is 173 cm³/mol. The molecule has 266 valence electrons. The minimum Gasteiger partial charge on any atom is -0.454 e. The largest absolute Gasteiger partial charge is 0.454 e. The third-order valence-corrected chi connectivity index (χ3v) is 8.53. The number of aliphatic hydroxyl groups is 1. The van der Waals surface area contributed by atoms with E-state index >= 15 is 0 Å². The van der Waals surface area contributed by atoms with Crippen molar-refractivity contribution in [2.45, 2.75) is 62.6 Å². The van der Waals surface area contributed by atoms with Crippen molar-refractivity contribution in [2.75, 3.05) is 19.0 Å². The highest BCUT2D eigenvalue weighted by Gasteiger charge is 2.53. The quantitative estimate of drug-likeness (QED) is 0.169. The second kappa shape index (κ2) is 16.8. The molecule has 13 heteroatoms. The van der Waals surface area contributed by atoms with Crippen LogP contribution in [0.25, 0.3) is 0 Å². The van der Waals surface area contributed by atoms with E-state index in [1.54, 1.807) is 0 Å². The van der Waals surface area contributed by atoms with Crippen LogP contribution in [0.3, 0.4) is 0 Å².